The Morgan fingerprint density at radius 1 is 1.39 bits per heavy atom. The molecule has 0 radical (unpaired) electrons. The molecule has 0 heterocycles. The molecule has 3 N–H and O–H groups in total. The Kier molecular flexibility index (Phi) is 3.21. The summed E-state index contributed by atoms with van der Waals surface area (Å²) in [5.41, 5.74) is 5.50. The standard InChI is InChI=1S/C12H16FNO3S/c1-18(16,17)11-10(12(11,6-14)7-15)8-2-4-9(13)5-3-8/h2-5,10-11,15H,6-7,14H2,1H3/t10-,11-,12+/m1/s1. The molecular formula is C12H16FNO3S. The van der Waals surface area contributed by atoms with Crippen LogP contribution in [0.5, 0.6) is 0 Å². The molecule has 0 bridgehead atoms. The fourth-order valence-corrected chi connectivity index (χ4v) is 4.81. The van der Waals surface area contributed by atoms with Crippen LogP contribution < -0.4 is 5.73 Å². The molecule has 1 aliphatic carbocycles. The zero-order valence-corrected chi connectivity index (χ0v) is 10.8. The normalized spacial score (nSPS) is 31.3. The smallest absolute Gasteiger partial charge is 0.151 e. The summed E-state index contributed by atoms with van der Waals surface area (Å²) in [6, 6.07) is 5.66. The molecule has 3 atom stereocenters. The molecule has 18 heavy (non-hydrogen) atoms. The Labute approximate surface area is 106 Å². The number of aliphatic hydroxyl groups is 1. The van der Waals surface area contributed by atoms with Crippen molar-refractivity contribution in [2.45, 2.75) is 11.2 Å². The van der Waals surface area contributed by atoms with Gasteiger partial charge in [0.05, 0.1) is 11.9 Å². The second-order valence-electron chi connectivity index (χ2n) is 4.87. The molecule has 6 heteroatoms. The Morgan fingerprint density at radius 2 is 1.94 bits per heavy atom. The minimum Gasteiger partial charge on any atom is -0.396 e. The van der Waals surface area contributed by atoms with Crippen LogP contribution in [0.15, 0.2) is 24.3 Å². The lowest BCUT2D eigenvalue weighted by Gasteiger charge is -2.11. The second kappa shape index (κ2) is 4.29. The highest BCUT2D eigenvalue weighted by Gasteiger charge is 2.68. The lowest BCUT2D eigenvalue weighted by molar-refractivity contribution is 0.212. The number of aliphatic hydroxyl groups excluding tert-OH is 1. The van der Waals surface area contributed by atoms with Crippen LogP contribution in [0.3, 0.4) is 0 Å². The summed E-state index contributed by atoms with van der Waals surface area (Å²) < 4.78 is 36.3. The van der Waals surface area contributed by atoms with Gasteiger partial charge in [-0.05, 0) is 17.7 Å². The van der Waals surface area contributed by atoms with Gasteiger partial charge in [-0.3, -0.25) is 0 Å². The minimum absolute atomic E-state index is 0.0866. The summed E-state index contributed by atoms with van der Waals surface area (Å²) in [6.07, 6.45) is 1.14. The Hall–Kier alpha value is -0.980. The first kappa shape index (κ1) is 13.5. The van der Waals surface area contributed by atoms with Crippen molar-refractivity contribution in [2.75, 3.05) is 19.4 Å². The van der Waals surface area contributed by atoms with Gasteiger partial charge in [-0.2, -0.15) is 0 Å². The summed E-state index contributed by atoms with van der Waals surface area (Å²) in [5.74, 6) is -0.735. The first-order valence-corrected chi connectivity index (χ1v) is 7.57. The molecule has 2 rings (SSSR count). The summed E-state index contributed by atoms with van der Waals surface area (Å²) in [4.78, 5) is 0. The maximum atomic E-state index is 12.9. The number of halogens is 1. The van der Waals surface area contributed by atoms with Gasteiger partial charge < -0.3 is 10.8 Å². The highest BCUT2D eigenvalue weighted by Crippen LogP contribution is 2.61. The van der Waals surface area contributed by atoms with Crippen LogP contribution in [0.1, 0.15) is 11.5 Å². The van der Waals surface area contributed by atoms with Crippen LogP contribution in [-0.4, -0.2) is 38.2 Å². The minimum atomic E-state index is -3.30. The van der Waals surface area contributed by atoms with Gasteiger partial charge in [-0.15, -0.1) is 0 Å². The average molecular weight is 273 g/mol. The molecule has 0 saturated heterocycles. The van der Waals surface area contributed by atoms with E-state index in [4.69, 9.17) is 5.73 Å². The maximum absolute atomic E-state index is 12.9. The molecule has 100 valence electrons. The van der Waals surface area contributed by atoms with Crippen molar-refractivity contribution in [2.24, 2.45) is 11.1 Å². The van der Waals surface area contributed by atoms with Crippen LogP contribution in [0.25, 0.3) is 0 Å². The SMILES string of the molecule is CS(=O)(=O)[C@@H]1[C@@H](c2ccc(F)cc2)[C@]1(CN)CO. The number of benzene rings is 1. The van der Waals surface area contributed by atoms with Crippen molar-refractivity contribution in [3.63, 3.8) is 0 Å². The third kappa shape index (κ3) is 1.94. The topological polar surface area (TPSA) is 80.4 Å². The lowest BCUT2D eigenvalue weighted by Crippen LogP contribution is -2.27. The number of hydrogen-bond acceptors (Lipinski definition) is 4. The van der Waals surface area contributed by atoms with Crippen LogP contribution in [-0.2, 0) is 9.84 Å². The first-order chi connectivity index (χ1) is 8.36. The van der Waals surface area contributed by atoms with Gasteiger partial charge in [-0.25, -0.2) is 12.8 Å². The third-order valence-corrected chi connectivity index (χ3v) is 5.41. The molecular weight excluding hydrogens is 257 g/mol. The average Bonchev–Trinajstić information content (AvgIpc) is 3.00. The first-order valence-electron chi connectivity index (χ1n) is 5.62. The molecule has 1 fully saturated rings. The predicted octanol–water partition coefficient (Wildman–Crippen LogP) is 0.274. The molecule has 0 amide bonds. The van der Waals surface area contributed by atoms with E-state index < -0.39 is 20.5 Å². The van der Waals surface area contributed by atoms with E-state index in [0.717, 1.165) is 6.26 Å². The lowest BCUT2D eigenvalue weighted by atomic mass is 10.0. The van der Waals surface area contributed by atoms with Gasteiger partial charge >= 0.3 is 0 Å². The number of nitrogens with two attached hydrogens (primary N) is 1. The van der Waals surface area contributed by atoms with Crippen molar-refractivity contribution in [3.8, 4) is 0 Å². The molecule has 1 aliphatic rings. The van der Waals surface area contributed by atoms with E-state index in [0.29, 0.717) is 5.56 Å². The fourth-order valence-electron chi connectivity index (χ4n) is 2.80. The Balaban J connectivity index is 2.41. The van der Waals surface area contributed by atoms with Crippen molar-refractivity contribution >= 4 is 9.84 Å². The van der Waals surface area contributed by atoms with Crippen LogP contribution in [0.2, 0.25) is 0 Å². The van der Waals surface area contributed by atoms with E-state index in [1.165, 1.54) is 12.1 Å². The van der Waals surface area contributed by atoms with E-state index in [9.17, 15) is 17.9 Å². The molecule has 1 aromatic rings. The molecule has 4 nitrogen and oxygen atoms in total. The number of hydrogen-bond donors (Lipinski definition) is 2. The number of sulfone groups is 1. The monoisotopic (exact) mass is 273 g/mol. The van der Waals surface area contributed by atoms with Gasteiger partial charge in [0.2, 0.25) is 0 Å². The van der Waals surface area contributed by atoms with Gasteiger partial charge in [-0.1, -0.05) is 12.1 Å². The van der Waals surface area contributed by atoms with Gasteiger partial charge in [0.25, 0.3) is 0 Å². The van der Waals surface area contributed by atoms with Crippen molar-refractivity contribution in [1.29, 1.82) is 0 Å². The zero-order chi connectivity index (χ0) is 13.6. The van der Waals surface area contributed by atoms with E-state index in [2.05, 4.69) is 0 Å². The van der Waals surface area contributed by atoms with Gasteiger partial charge in [0.15, 0.2) is 9.84 Å². The molecule has 1 aromatic carbocycles. The van der Waals surface area contributed by atoms with Crippen LogP contribution >= 0.6 is 0 Å². The molecule has 0 aliphatic heterocycles. The molecule has 0 unspecified atom stereocenters. The largest absolute Gasteiger partial charge is 0.396 e. The van der Waals surface area contributed by atoms with Crippen LogP contribution in [0, 0.1) is 11.2 Å². The quantitative estimate of drug-likeness (QED) is 0.825. The summed E-state index contributed by atoms with van der Waals surface area (Å²) in [5, 5.41) is 8.77. The summed E-state index contributed by atoms with van der Waals surface area (Å²) in [7, 11) is -3.30. The Morgan fingerprint density at radius 3 is 2.28 bits per heavy atom. The van der Waals surface area contributed by atoms with Crippen molar-refractivity contribution in [1.82, 2.24) is 0 Å². The fraction of sp³-hybridized carbons (Fsp3) is 0.500. The Bertz CT molecular complexity index is 537. The van der Waals surface area contributed by atoms with Gasteiger partial charge in [0, 0.05) is 24.1 Å². The van der Waals surface area contributed by atoms with E-state index in [1.807, 2.05) is 0 Å². The highest BCUT2D eigenvalue weighted by atomic mass is 32.2. The van der Waals surface area contributed by atoms with E-state index in [1.54, 1.807) is 12.1 Å². The summed E-state index contributed by atoms with van der Waals surface area (Å²) in [6.45, 7) is -0.202. The molecule has 0 aromatic heterocycles. The maximum Gasteiger partial charge on any atom is 0.151 e. The third-order valence-electron chi connectivity index (χ3n) is 3.74. The van der Waals surface area contributed by atoms with Crippen molar-refractivity contribution in [3.05, 3.63) is 35.6 Å². The summed E-state index contributed by atoms with van der Waals surface area (Å²) >= 11 is 0. The molecule has 0 spiro atoms. The van der Waals surface area contributed by atoms with E-state index >= 15 is 0 Å². The predicted molar refractivity (Wildman–Crippen MR) is 66.3 cm³/mol. The second-order valence-corrected chi connectivity index (χ2v) is 7.04. The van der Waals surface area contributed by atoms with E-state index in [-0.39, 0.29) is 24.9 Å². The van der Waals surface area contributed by atoms with Crippen molar-refractivity contribution < 1.29 is 17.9 Å². The van der Waals surface area contributed by atoms with Gasteiger partial charge in [0.1, 0.15) is 5.82 Å². The highest BCUT2D eigenvalue weighted by molar-refractivity contribution is 7.91. The zero-order valence-electron chi connectivity index (χ0n) is 10.0. The van der Waals surface area contributed by atoms with Crippen LogP contribution in [0.4, 0.5) is 4.39 Å². The number of rotatable bonds is 4. The molecule has 1 saturated carbocycles.